The number of sulfonamides is 1. The molecule has 0 spiro atoms. The molecule has 23 heavy (non-hydrogen) atoms. The van der Waals surface area contributed by atoms with E-state index in [1.807, 2.05) is 36.9 Å². The summed E-state index contributed by atoms with van der Waals surface area (Å²) >= 11 is 0. The lowest BCUT2D eigenvalue weighted by Crippen LogP contribution is -2.36. The van der Waals surface area contributed by atoms with Crippen LogP contribution in [-0.2, 0) is 21.4 Å². The summed E-state index contributed by atoms with van der Waals surface area (Å²) in [4.78, 5) is 18.8. The van der Waals surface area contributed by atoms with E-state index in [9.17, 15) is 13.2 Å². The second-order valence-corrected chi connectivity index (χ2v) is 8.58. The number of fused-ring (bicyclic) bond motifs is 1. The molecule has 0 N–H and O–H groups in total. The molecule has 0 unspecified atom stereocenters. The number of rotatable bonds is 5. The number of likely N-dealkylation sites (tertiary alicyclic amines) is 1. The number of nitrogens with zero attached hydrogens (tertiary/aromatic N) is 3. The molecule has 2 atom stereocenters. The highest BCUT2D eigenvalue weighted by Gasteiger charge is 2.48. The standard InChI is InChI=1S/C16H23N3O3S/c1-3-7-23(21,22)19-9-13-8-18(16(20)15(13)11-19)10-14-6-4-5-12(2)17-14/h4-6,13,15H,3,7-11H2,1-2H3/t13-,15+/m1/s1. The minimum atomic E-state index is -3.21. The molecule has 0 bridgehead atoms. The molecule has 1 amide bonds. The quantitative estimate of drug-likeness (QED) is 0.804. The van der Waals surface area contributed by atoms with Crippen molar-refractivity contribution >= 4 is 15.9 Å². The van der Waals surface area contributed by atoms with Gasteiger partial charge in [0.1, 0.15) is 0 Å². The molecule has 1 aromatic heterocycles. The third-order valence-corrected chi connectivity index (χ3v) is 6.65. The first-order valence-electron chi connectivity index (χ1n) is 8.10. The normalized spacial score (nSPS) is 25.1. The molecule has 2 fully saturated rings. The molecule has 6 nitrogen and oxygen atoms in total. The van der Waals surface area contributed by atoms with Crippen LogP contribution < -0.4 is 0 Å². The van der Waals surface area contributed by atoms with Gasteiger partial charge in [0, 0.05) is 31.2 Å². The van der Waals surface area contributed by atoms with Gasteiger partial charge in [-0.1, -0.05) is 13.0 Å². The van der Waals surface area contributed by atoms with Crippen LogP contribution in [0.15, 0.2) is 18.2 Å². The van der Waals surface area contributed by atoms with Crippen molar-refractivity contribution in [3.05, 3.63) is 29.6 Å². The molecule has 0 aliphatic carbocycles. The summed E-state index contributed by atoms with van der Waals surface area (Å²) in [7, 11) is -3.21. The van der Waals surface area contributed by atoms with E-state index in [4.69, 9.17) is 0 Å². The van der Waals surface area contributed by atoms with Gasteiger partial charge in [-0.3, -0.25) is 9.78 Å². The van der Waals surface area contributed by atoms with E-state index in [-0.39, 0.29) is 23.5 Å². The van der Waals surface area contributed by atoms with Gasteiger partial charge in [-0.2, -0.15) is 0 Å². The fourth-order valence-corrected chi connectivity index (χ4v) is 5.12. The average molecular weight is 337 g/mol. The second kappa shape index (κ2) is 6.20. The Morgan fingerprint density at radius 1 is 1.26 bits per heavy atom. The molecule has 0 aromatic carbocycles. The van der Waals surface area contributed by atoms with Gasteiger partial charge in [-0.15, -0.1) is 0 Å². The van der Waals surface area contributed by atoms with E-state index >= 15 is 0 Å². The maximum atomic E-state index is 12.6. The van der Waals surface area contributed by atoms with Gasteiger partial charge in [0.15, 0.2) is 0 Å². The number of hydrogen-bond donors (Lipinski definition) is 0. The van der Waals surface area contributed by atoms with Gasteiger partial charge >= 0.3 is 0 Å². The van der Waals surface area contributed by atoms with Crippen LogP contribution in [0.25, 0.3) is 0 Å². The zero-order chi connectivity index (χ0) is 16.6. The third kappa shape index (κ3) is 3.26. The summed E-state index contributed by atoms with van der Waals surface area (Å²) in [5, 5.41) is 0. The Bertz CT molecular complexity index is 704. The summed E-state index contributed by atoms with van der Waals surface area (Å²) in [6, 6.07) is 5.80. The lowest BCUT2D eigenvalue weighted by molar-refractivity contribution is -0.131. The summed E-state index contributed by atoms with van der Waals surface area (Å²) < 4.78 is 25.8. The monoisotopic (exact) mass is 337 g/mol. The molecule has 3 rings (SSSR count). The van der Waals surface area contributed by atoms with Crippen LogP contribution in [0.2, 0.25) is 0 Å². The van der Waals surface area contributed by atoms with E-state index in [0.717, 1.165) is 11.4 Å². The number of pyridine rings is 1. The molecular weight excluding hydrogens is 314 g/mol. The Balaban J connectivity index is 1.66. The topological polar surface area (TPSA) is 70.6 Å². The number of hydrogen-bond acceptors (Lipinski definition) is 4. The highest BCUT2D eigenvalue weighted by Crippen LogP contribution is 2.34. The number of aromatic nitrogens is 1. The fraction of sp³-hybridized carbons (Fsp3) is 0.625. The number of carbonyl (C=O) groups excluding carboxylic acids is 1. The van der Waals surface area contributed by atoms with Gasteiger partial charge in [-0.25, -0.2) is 12.7 Å². The molecule has 3 heterocycles. The van der Waals surface area contributed by atoms with Gasteiger partial charge < -0.3 is 4.90 Å². The number of carbonyl (C=O) groups is 1. The maximum absolute atomic E-state index is 12.6. The van der Waals surface area contributed by atoms with Crippen LogP contribution in [0.5, 0.6) is 0 Å². The van der Waals surface area contributed by atoms with Gasteiger partial charge in [0.25, 0.3) is 0 Å². The molecule has 2 aliphatic rings. The minimum Gasteiger partial charge on any atom is -0.336 e. The van der Waals surface area contributed by atoms with Crippen LogP contribution in [0.3, 0.4) is 0 Å². The number of aryl methyl sites for hydroxylation is 1. The van der Waals surface area contributed by atoms with Crippen molar-refractivity contribution < 1.29 is 13.2 Å². The van der Waals surface area contributed by atoms with E-state index in [1.54, 1.807) is 0 Å². The molecule has 2 saturated heterocycles. The summed E-state index contributed by atoms with van der Waals surface area (Å²) in [6.45, 7) is 5.73. The highest BCUT2D eigenvalue weighted by molar-refractivity contribution is 7.89. The zero-order valence-electron chi connectivity index (χ0n) is 13.6. The van der Waals surface area contributed by atoms with Crippen LogP contribution in [0, 0.1) is 18.8 Å². The molecule has 0 saturated carbocycles. The summed E-state index contributed by atoms with van der Waals surface area (Å²) in [5.74, 6) is 0.148. The predicted octanol–water partition coefficient (Wildman–Crippen LogP) is 1.02. The molecule has 0 radical (unpaired) electrons. The van der Waals surface area contributed by atoms with E-state index < -0.39 is 10.0 Å². The molecule has 126 valence electrons. The third-order valence-electron chi connectivity index (χ3n) is 4.65. The molecule has 1 aromatic rings. The van der Waals surface area contributed by atoms with Crippen LogP contribution in [0.1, 0.15) is 24.7 Å². The van der Waals surface area contributed by atoms with Crippen molar-refractivity contribution in [2.24, 2.45) is 11.8 Å². The Hall–Kier alpha value is -1.47. The van der Waals surface area contributed by atoms with Crippen molar-refractivity contribution in [2.75, 3.05) is 25.4 Å². The van der Waals surface area contributed by atoms with E-state index in [0.29, 0.717) is 32.6 Å². The predicted molar refractivity (Wildman–Crippen MR) is 87.0 cm³/mol. The van der Waals surface area contributed by atoms with Crippen LogP contribution in [-0.4, -0.2) is 53.9 Å². The Kier molecular flexibility index (Phi) is 4.42. The van der Waals surface area contributed by atoms with Crippen LogP contribution >= 0.6 is 0 Å². The second-order valence-electron chi connectivity index (χ2n) is 6.49. The van der Waals surface area contributed by atoms with E-state index in [1.165, 1.54) is 4.31 Å². The largest absolute Gasteiger partial charge is 0.336 e. The van der Waals surface area contributed by atoms with Crippen molar-refractivity contribution in [2.45, 2.75) is 26.8 Å². The van der Waals surface area contributed by atoms with Gasteiger partial charge in [-0.05, 0) is 25.5 Å². The lowest BCUT2D eigenvalue weighted by Gasteiger charge is -2.21. The van der Waals surface area contributed by atoms with Crippen LogP contribution in [0.4, 0.5) is 0 Å². The summed E-state index contributed by atoms with van der Waals surface area (Å²) in [5.41, 5.74) is 1.82. The molecule has 2 aliphatic heterocycles. The first-order valence-corrected chi connectivity index (χ1v) is 9.71. The SMILES string of the molecule is CCCS(=O)(=O)N1C[C@H]2CN(Cc3cccc(C)n3)C(=O)[C@H]2C1. The van der Waals surface area contributed by atoms with Gasteiger partial charge in [0.2, 0.25) is 15.9 Å². The van der Waals surface area contributed by atoms with E-state index in [2.05, 4.69) is 4.98 Å². The first kappa shape index (κ1) is 16.4. The Labute approximate surface area is 137 Å². The Morgan fingerprint density at radius 2 is 2.04 bits per heavy atom. The Morgan fingerprint density at radius 3 is 2.70 bits per heavy atom. The van der Waals surface area contributed by atoms with Crippen molar-refractivity contribution in [3.8, 4) is 0 Å². The molecular formula is C16H23N3O3S. The smallest absolute Gasteiger partial charge is 0.227 e. The number of amides is 1. The van der Waals surface area contributed by atoms with Crippen molar-refractivity contribution in [1.82, 2.24) is 14.2 Å². The zero-order valence-corrected chi connectivity index (χ0v) is 14.4. The lowest BCUT2D eigenvalue weighted by atomic mass is 10.0. The average Bonchev–Trinajstić information content (AvgIpc) is 3.01. The minimum absolute atomic E-state index is 0.0625. The van der Waals surface area contributed by atoms with Crippen molar-refractivity contribution in [3.63, 3.8) is 0 Å². The maximum Gasteiger partial charge on any atom is 0.227 e. The first-order chi connectivity index (χ1) is 10.9. The van der Waals surface area contributed by atoms with Crippen molar-refractivity contribution in [1.29, 1.82) is 0 Å². The van der Waals surface area contributed by atoms with Gasteiger partial charge in [0.05, 0.1) is 23.9 Å². The highest BCUT2D eigenvalue weighted by atomic mass is 32.2. The summed E-state index contributed by atoms with van der Waals surface area (Å²) in [6.07, 6.45) is 0.604. The fourth-order valence-electron chi connectivity index (χ4n) is 3.54. The molecule has 7 heteroatoms.